The van der Waals surface area contributed by atoms with Gasteiger partial charge in [0.25, 0.3) is 0 Å². The van der Waals surface area contributed by atoms with E-state index in [0.29, 0.717) is 0 Å². The van der Waals surface area contributed by atoms with Gasteiger partial charge in [0, 0.05) is 26.9 Å². The highest BCUT2D eigenvalue weighted by atomic mass is 79.9. The summed E-state index contributed by atoms with van der Waals surface area (Å²) in [5.41, 5.74) is 10.0. The van der Waals surface area contributed by atoms with E-state index in [1.165, 1.54) is 5.56 Å². The van der Waals surface area contributed by atoms with Gasteiger partial charge >= 0.3 is 0 Å². The highest BCUT2D eigenvalue weighted by molar-refractivity contribution is 9.10. The molecule has 0 aromatic heterocycles. The number of benzene rings is 2. The topological polar surface area (TPSA) is 38.0 Å². The zero-order valence-electron chi connectivity index (χ0n) is 10.0. The van der Waals surface area contributed by atoms with Gasteiger partial charge in [-0.25, -0.2) is 0 Å². The molecule has 0 saturated carbocycles. The minimum absolute atomic E-state index is 0.779. The smallest absolute Gasteiger partial charge is 0.0491 e. The zero-order valence-corrected chi connectivity index (χ0v) is 13.2. The van der Waals surface area contributed by atoms with E-state index in [9.17, 15) is 0 Å². The number of nitrogens with one attached hydrogen (secondary N) is 1. The van der Waals surface area contributed by atoms with Crippen molar-refractivity contribution in [2.45, 2.75) is 13.5 Å². The number of nitrogens with two attached hydrogens (primary N) is 1. The molecule has 0 amide bonds. The standard InChI is InChI=1S/C14H14Br2N2/c1-9-5-14(12(16)7-13(9)17)18-8-10-3-2-4-11(15)6-10/h2-7,18H,8,17H2,1H3. The monoisotopic (exact) mass is 368 g/mol. The lowest BCUT2D eigenvalue weighted by molar-refractivity contribution is 1.14. The summed E-state index contributed by atoms with van der Waals surface area (Å²) in [5, 5.41) is 3.40. The second kappa shape index (κ2) is 5.76. The van der Waals surface area contributed by atoms with Crippen molar-refractivity contribution in [3.8, 4) is 0 Å². The molecule has 0 aliphatic rings. The van der Waals surface area contributed by atoms with Crippen molar-refractivity contribution >= 4 is 43.2 Å². The highest BCUT2D eigenvalue weighted by Gasteiger charge is 2.03. The quantitative estimate of drug-likeness (QED) is 0.768. The summed E-state index contributed by atoms with van der Waals surface area (Å²) in [6.07, 6.45) is 0. The Labute approximate surface area is 124 Å². The van der Waals surface area contributed by atoms with Gasteiger partial charge in [-0.1, -0.05) is 28.1 Å². The van der Waals surface area contributed by atoms with Crippen molar-refractivity contribution in [2.75, 3.05) is 11.1 Å². The summed E-state index contributed by atoms with van der Waals surface area (Å²) in [6.45, 7) is 2.79. The Bertz CT molecular complexity index is 568. The van der Waals surface area contributed by atoms with Crippen LogP contribution in [-0.2, 0) is 6.54 Å². The summed E-state index contributed by atoms with van der Waals surface area (Å²) < 4.78 is 2.08. The van der Waals surface area contributed by atoms with Crippen molar-refractivity contribution in [1.29, 1.82) is 0 Å². The first-order chi connectivity index (χ1) is 8.56. The predicted octanol–water partition coefficient (Wildman–Crippen LogP) is 4.71. The van der Waals surface area contributed by atoms with E-state index >= 15 is 0 Å². The Balaban J connectivity index is 2.13. The molecule has 2 rings (SSSR count). The molecule has 0 spiro atoms. The van der Waals surface area contributed by atoms with Crippen LogP contribution >= 0.6 is 31.9 Å². The van der Waals surface area contributed by atoms with Crippen molar-refractivity contribution in [1.82, 2.24) is 0 Å². The molecule has 0 aliphatic heterocycles. The maximum absolute atomic E-state index is 5.85. The molecule has 0 fully saturated rings. The van der Waals surface area contributed by atoms with Crippen LogP contribution in [0.3, 0.4) is 0 Å². The summed E-state index contributed by atoms with van der Waals surface area (Å²) in [4.78, 5) is 0. The predicted molar refractivity (Wildman–Crippen MR) is 84.8 cm³/mol. The van der Waals surface area contributed by atoms with E-state index in [2.05, 4.69) is 55.4 Å². The van der Waals surface area contributed by atoms with Gasteiger partial charge in [0.05, 0.1) is 0 Å². The molecule has 0 heterocycles. The number of anilines is 2. The third-order valence-electron chi connectivity index (χ3n) is 2.73. The largest absolute Gasteiger partial charge is 0.398 e. The van der Waals surface area contributed by atoms with Crippen LogP contribution in [0, 0.1) is 6.92 Å². The van der Waals surface area contributed by atoms with Gasteiger partial charge < -0.3 is 11.1 Å². The van der Waals surface area contributed by atoms with Crippen LogP contribution in [0.1, 0.15) is 11.1 Å². The lowest BCUT2D eigenvalue weighted by atomic mass is 10.1. The third-order valence-corrected chi connectivity index (χ3v) is 3.88. The molecule has 94 valence electrons. The average Bonchev–Trinajstić information content (AvgIpc) is 2.32. The van der Waals surface area contributed by atoms with Gasteiger partial charge in [0.15, 0.2) is 0 Å². The van der Waals surface area contributed by atoms with Gasteiger partial charge in [0.1, 0.15) is 0 Å². The first kappa shape index (κ1) is 13.4. The van der Waals surface area contributed by atoms with E-state index in [4.69, 9.17) is 5.73 Å². The Hall–Kier alpha value is -1.00. The minimum atomic E-state index is 0.779. The first-order valence-corrected chi connectivity index (χ1v) is 7.19. The molecule has 2 aromatic carbocycles. The van der Waals surface area contributed by atoms with E-state index in [1.807, 2.05) is 25.1 Å². The lowest BCUT2D eigenvalue weighted by Crippen LogP contribution is -2.01. The van der Waals surface area contributed by atoms with E-state index in [-0.39, 0.29) is 0 Å². The molecule has 3 N–H and O–H groups in total. The second-order valence-electron chi connectivity index (χ2n) is 4.17. The maximum Gasteiger partial charge on any atom is 0.0491 e. The number of rotatable bonds is 3. The van der Waals surface area contributed by atoms with Crippen molar-refractivity contribution < 1.29 is 0 Å². The van der Waals surface area contributed by atoms with Crippen molar-refractivity contribution in [3.63, 3.8) is 0 Å². The van der Waals surface area contributed by atoms with Gasteiger partial charge in [-0.3, -0.25) is 0 Å². The van der Waals surface area contributed by atoms with E-state index in [1.54, 1.807) is 0 Å². The molecule has 0 bridgehead atoms. The Morgan fingerprint density at radius 3 is 2.67 bits per heavy atom. The Morgan fingerprint density at radius 1 is 1.17 bits per heavy atom. The molecule has 4 heteroatoms. The summed E-state index contributed by atoms with van der Waals surface area (Å²) in [7, 11) is 0. The first-order valence-electron chi connectivity index (χ1n) is 5.60. The van der Waals surface area contributed by atoms with Gasteiger partial charge in [0.2, 0.25) is 0 Å². The molecular formula is C14H14Br2N2. The molecule has 0 saturated heterocycles. The van der Waals surface area contributed by atoms with Crippen LogP contribution in [0.25, 0.3) is 0 Å². The number of aryl methyl sites for hydroxylation is 1. The van der Waals surface area contributed by atoms with Crippen LogP contribution in [-0.4, -0.2) is 0 Å². The van der Waals surface area contributed by atoms with Crippen LogP contribution < -0.4 is 11.1 Å². The fraction of sp³-hybridized carbons (Fsp3) is 0.143. The summed E-state index contributed by atoms with van der Waals surface area (Å²) in [6, 6.07) is 12.2. The minimum Gasteiger partial charge on any atom is -0.398 e. The molecule has 0 unspecified atom stereocenters. The van der Waals surface area contributed by atoms with E-state index < -0.39 is 0 Å². The lowest BCUT2D eigenvalue weighted by Gasteiger charge is -2.11. The summed E-state index contributed by atoms with van der Waals surface area (Å²) >= 11 is 6.99. The Morgan fingerprint density at radius 2 is 1.94 bits per heavy atom. The third kappa shape index (κ3) is 3.27. The molecule has 0 radical (unpaired) electrons. The molecule has 2 nitrogen and oxygen atoms in total. The summed E-state index contributed by atoms with van der Waals surface area (Å²) in [5.74, 6) is 0. The van der Waals surface area contributed by atoms with Gasteiger partial charge in [-0.2, -0.15) is 0 Å². The second-order valence-corrected chi connectivity index (χ2v) is 5.94. The fourth-order valence-corrected chi connectivity index (χ4v) is 2.62. The normalized spacial score (nSPS) is 10.4. The van der Waals surface area contributed by atoms with Gasteiger partial charge in [-0.15, -0.1) is 0 Å². The van der Waals surface area contributed by atoms with Crippen LogP contribution in [0.15, 0.2) is 45.3 Å². The number of nitrogen functional groups attached to an aromatic ring is 1. The molecule has 0 atom stereocenters. The highest BCUT2D eigenvalue weighted by Crippen LogP contribution is 2.28. The average molecular weight is 370 g/mol. The van der Waals surface area contributed by atoms with Crippen LogP contribution in [0.5, 0.6) is 0 Å². The number of hydrogen-bond donors (Lipinski definition) is 2. The van der Waals surface area contributed by atoms with Crippen molar-refractivity contribution in [2.24, 2.45) is 0 Å². The molecular weight excluding hydrogens is 356 g/mol. The van der Waals surface area contributed by atoms with E-state index in [0.717, 1.165) is 32.4 Å². The number of halogens is 2. The van der Waals surface area contributed by atoms with Crippen molar-refractivity contribution in [3.05, 3.63) is 56.5 Å². The zero-order chi connectivity index (χ0) is 13.1. The fourth-order valence-electron chi connectivity index (χ4n) is 1.68. The van der Waals surface area contributed by atoms with Crippen LogP contribution in [0.2, 0.25) is 0 Å². The molecule has 0 aliphatic carbocycles. The maximum atomic E-state index is 5.85. The van der Waals surface area contributed by atoms with Gasteiger partial charge in [-0.05, 0) is 58.2 Å². The molecule has 18 heavy (non-hydrogen) atoms. The Kier molecular flexibility index (Phi) is 4.30. The number of hydrogen-bond acceptors (Lipinski definition) is 2. The van der Waals surface area contributed by atoms with Crippen LogP contribution in [0.4, 0.5) is 11.4 Å². The SMILES string of the molecule is Cc1cc(NCc2cccc(Br)c2)c(Br)cc1N. The molecule has 2 aromatic rings.